The van der Waals surface area contributed by atoms with E-state index in [0.717, 1.165) is 34.5 Å². The van der Waals surface area contributed by atoms with Crippen molar-refractivity contribution in [2.75, 3.05) is 4.31 Å². The summed E-state index contributed by atoms with van der Waals surface area (Å²) in [4.78, 5) is -0.0565. The van der Waals surface area contributed by atoms with E-state index in [1.165, 1.54) is 16.8 Å². The highest BCUT2D eigenvalue weighted by Gasteiger charge is 2.28. The number of benzene rings is 2. The van der Waals surface area contributed by atoms with E-state index in [2.05, 4.69) is 10.2 Å². The summed E-state index contributed by atoms with van der Waals surface area (Å²) in [5, 5.41) is 7.68. The number of pyridine rings is 1. The second kappa shape index (κ2) is 7.83. The maximum Gasteiger partial charge on any atom is 0.268 e. The fraction of sp³-hybridized carbons (Fsp3) is 0.143. The Labute approximate surface area is 172 Å². The minimum Gasteiger partial charge on any atom is -0.288 e. The van der Waals surface area contributed by atoms with Gasteiger partial charge in [0.15, 0.2) is 5.65 Å². The van der Waals surface area contributed by atoms with Gasteiger partial charge in [-0.2, -0.15) is 0 Å². The Kier molecular flexibility index (Phi) is 5.21. The number of hydrogen-bond acceptors (Lipinski definition) is 4. The number of rotatable bonds is 6. The molecule has 2 aromatic carbocycles. The molecule has 2 aromatic heterocycles. The van der Waals surface area contributed by atoms with Gasteiger partial charge in [0.05, 0.1) is 12.2 Å². The van der Waals surface area contributed by atoms with Crippen LogP contribution < -0.4 is 4.31 Å². The largest absolute Gasteiger partial charge is 0.288 e. The maximum absolute atomic E-state index is 13.7. The van der Waals surface area contributed by atoms with Gasteiger partial charge in [0.25, 0.3) is 10.0 Å². The van der Waals surface area contributed by atoms with E-state index in [1.807, 2.05) is 19.1 Å². The van der Waals surface area contributed by atoms with Crippen LogP contribution in [0.1, 0.15) is 18.1 Å². The average molecular weight is 428 g/mol. The fourth-order valence-corrected chi connectivity index (χ4v) is 4.81. The maximum atomic E-state index is 13.7. The molecule has 0 spiro atoms. The molecule has 2 heterocycles. The van der Waals surface area contributed by atoms with Gasteiger partial charge in [-0.25, -0.2) is 17.2 Å². The number of hydrogen-bond donors (Lipinski definition) is 0. The Bertz CT molecular complexity index is 1280. The van der Waals surface area contributed by atoms with E-state index in [-0.39, 0.29) is 22.7 Å². The van der Waals surface area contributed by atoms with Crippen molar-refractivity contribution in [3.05, 3.63) is 89.9 Å². The first kappa shape index (κ1) is 20.0. The first-order chi connectivity index (χ1) is 14.4. The van der Waals surface area contributed by atoms with Crippen molar-refractivity contribution in [2.45, 2.75) is 24.8 Å². The number of anilines is 1. The van der Waals surface area contributed by atoms with E-state index >= 15 is 0 Å². The lowest BCUT2D eigenvalue weighted by Gasteiger charge is -2.25. The predicted molar refractivity (Wildman–Crippen MR) is 109 cm³/mol. The molecule has 0 unspecified atom stereocenters. The summed E-state index contributed by atoms with van der Waals surface area (Å²) in [6.45, 7) is 1.74. The van der Waals surface area contributed by atoms with E-state index in [4.69, 9.17) is 0 Å². The lowest BCUT2D eigenvalue weighted by molar-refractivity contribution is 0.576. The third-order valence-electron chi connectivity index (χ3n) is 4.74. The molecule has 0 atom stereocenters. The Balaban J connectivity index is 1.86. The van der Waals surface area contributed by atoms with Gasteiger partial charge in [0.1, 0.15) is 22.9 Å². The van der Waals surface area contributed by atoms with Crippen LogP contribution in [-0.4, -0.2) is 23.0 Å². The van der Waals surface area contributed by atoms with Gasteiger partial charge in [-0.1, -0.05) is 19.1 Å². The average Bonchev–Trinajstić information content (AvgIpc) is 3.20. The number of aromatic nitrogens is 3. The first-order valence-electron chi connectivity index (χ1n) is 9.23. The molecule has 4 aromatic rings. The summed E-state index contributed by atoms with van der Waals surface area (Å²) in [5.74, 6) is -1.55. The highest BCUT2D eigenvalue weighted by Crippen LogP contribution is 2.28. The first-order valence-corrected chi connectivity index (χ1v) is 10.7. The molecule has 0 saturated heterocycles. The van der Waals surface area contributed by atoms with Crippen LogP contribution in [0.4, 0.5) is 14.5 Å². The van der Waals surface area contributed by atoms with Crippen LogP contribution >= 0.6 is 0 Å². The fourth-order valence-electron chi connectivity index (χ4n) is 3.23. The number of aryl methyl sites for hydroxylation is 1. The summed E-state index contributed by atoms with van der Waals surface area (Å²) in [6.07, 6.45) is 3.83. The van der Waals surface area contributed by atoms with Crippen LogP contribution in [0.15, 0.2) is 72.0 Å². The quantitative estimate of drug-likeness (QED) is 0.466. The third-order valence-corrected chi connectivity index (χ3v) is 6.53. The number of halogens is 2. The molecule has 154 valence electrons. The Morgan fingerprint density at radius 1 is 1.00 bits per heavy atom. The second-order valence-electron chi connectivity index (χ2n) is 6.74. The van der Waals surface area contributed by atoms with Crippen molar-refractivity contribution in [1.82, 2.24) is 14.6 Å². The van der Waals surface area contributed by atoms with Gasteiger partial charge in [-0.15, -0.1) is 10.2 Å². The molecule has 0 saturated carbocycles. The van der Waals surface area contributed by atoms with Crippen molar-refractivity contribution in [3.63, 3.8) is 0 Å². The SMILES string of the molecule is CCc1ccc(N(Cc2cc(F)cc(F)c2)S(=O)(=O)c2cccn3cnnc23)cc1. The number of nitrogens with zero attached hydrogens (tertiary/aromatic N) is 4. The van der Waals surface area contributed by atoms with Gasteiger partial charge in [-0.05, 0) is 53.9 Å². The molecular formula is C21H18F2N4O2S. The molecule has 0 aliphatic heterocycles. The van der Waals surface area contributed by atoms with E-state index < -0.39 is 21.7 Å². The molecule has 4 rings (SSSR count). The summed E-state index contributed by atoms with van der Waals surface area (Å²) >= 11 is 0. The molecule has 0 fully saturated rings. The van der Waals surface area contributed by atoms with Gasteiger partial charge >= 0.3 is 0 Å². The van der Waals surface area contributed by atoms with Gasteiger partial charge in [0, 0.05) is 12.3 Å². The molecule has 0 aliphatic rings. The minimum absolute atomic E-state index is 0.0565. The molecule has 0 N–H and O–H groups in total. The lowest BCUT2D eigenvalue weighted by Crippen LogP contribution is -2.31. The normalized spacial score (nSPS) is 11.7. The molecule has 9 heteroatoms. The van der Waals surface area contributed by atoms with Crippen molar-refractivity contribution in [1.29, 1.82) is 0 Å². The van der Waals surface area contributed by atoms with E-state index in [0.29, 0.717) is 5.69 Å². The zero-order valence-corrected chi connectivity index (χ0v) is 16.9. The Hall–Kier alpha value is -3.33. The highest BCUT2D eigenvalue weighted by molar-refractivity contribution is 7.93. The third kappa shape index (κ3) is 3.76. The zero-order chi connectivity index (χ0) is 21.3. The molecule has 0 radical (unpaired) electrons. The summed E-state index contributed by atoms with van der Waals surface area (Å²) in [7, 11) is -4.13. The van der Waals surface area contributed by atoms with Gasteiger partial charge in [-0.3, -0.25) is 8.71 Å². The van der Waals surface area contributed by atoms with Gasteiger partial charge in [0.2, 0.25) is 0 Å². The molecular weight excluding hydrogens is 410 g/mol. The molecule has 6 nitrogen and oxygen atoms in total. The monoisotopic (exact) mass is 428 g/mol. The molecule has 0 aliphatic carbocycles. The van der Waals surface area contributed by atoms with Crippen LogP contribution in [0, 0.1) is 11.6 Å². The topological polar surface area (TPSA) is 67.6 Å². The van der Waals surface area contributed by atoms with Crippen molar-refractivity contribution < 1.29 is 17.2 Å². The van der Waals surface area contributed by atoms with Crippen LogP contribution in [0.2, 0.25) is 0 Å². The minimum atomic E-state index is -4.13. The Morgan fingerprint density at radius 3 is 2.37 bits per heavy atom. The summed E-state index contributed by atoms with van der Waals surface area (Å²) < 4.78 is 57.3. The molecule has 0 amide bonds. The summed E-state index contributed by atoms with van der Waals surface area (Å²) in [6, 6.07) is 13.0. The van der Waals surface area contributed by atoms with Crippen molar-refractivity contribution >= 4 is 21.4 Å². The van der Waals surface area contributed by atoms with Crippen LogP contribution in [0.25, 0.3) is 5.65 Å². The van der Waals surface area contributed by atoms with Crippen molar-refractivity contribution in [2.24, 2.45) is 0 Å². The number of fused-ring (bicyclic) bond motifs is 1. The number of sulfonamides is 1. The Morgan fingerprint density at radius 2 is 1.70 bits per heavy atom. The standard InChI is InChI=1S/C21H18F2N4O2S/c1-2-15-5-7-19(8-6-15)27(13-16-10-17(22)12-18(23)11-16)30(28,29)20-4-3-9-26-14-24-25-21(20)26/h3-12,14H,2,13H2,1H3. The second-order valence-corrected chi connectivity index (χ2v) is 8.57. The smallest absolute Gasteiger partial charge is 0.268 e. The van der Waals surface area contributed by atoms with Crippen molar-refractivity contribution in [3.8, 4) is 0 Å². The summed E-state index contributed by atoms with van der Waals surface area (Å²) in [5.41, 5.74) is 1.76. The van der Waals surface area contributed by atoms with Crippen LogP contribution in [0.5, 0.6) is 0 Å². The van der Waals surface area contributed by atoms with Crippen LogP contribution in [-0.2, 0) is 23.0 Å². The van der Waals surface area contributed by atoms with E-state index in [1.54, 1.807) is 24.4 Å². The molecule has 30 heavy (non-hydrogen) atoms. The highest BCUT2D eigenvalue weighted by atomic mass is 32.2. The van der Waals surface area contributed by atoms with Gasteiger partial charge < -0.3 is 0 Å². The van der Waals surface area contributed by atoms with E-state index in [9.17, 15) is 17.2 Å². The predicted octanol–water partition coefficient (Wildman–Crippen LogP) is 3.97. The molecule has 0 bridgehead atoms. The lowest BCUT2D eigenvalue weighted by atomic mass is 10.1. The zero-order valence-electron chi connectivity index (χ0n) is 16.0. The van der Waals surface area contributed by atoms with Crippen LogP contribution in [0.3, 0.4) is 0 Å².